The van der Waals surface area contributed by atoms with E-state index in [-0.39, 0.29) is 17.9 Å². The minimum atomic E-state index is -0.490. The number of anilines is 1. The number of rotatable bonds is 2. The van der Waals surface area contributed by atoms with Gasteiger partial charge in [-0.15, -0.1) is 0 Å². The number of hydrogen-bond donors (Lipinski definition) is 1. The van der Waals surface area contributed by atoms with Crippen molar-refractivity contribution in [2.24, 2.45) is 0 Å². The highest BCUT2D eigenvalue weighted by Crippen LogP contribution is 2.12. The largest absolute Gasteiger partial charge is 0.344 e. The van der Waals surface area contributed by atoms with Crippen LogP contribution in [-0.4, -0.2) is 40.4 Å². The SMILES string of the molecule is CN1CCC(Nc2ncc(F)cn2)C1=O. The first-order chi connectivity index (χ1) is 7.16. The molecule has 2 heterocycles. The highest BCUT2D eigenvalue weighted by atomic mass is 19.1. The molecular weight excluding hydrogens is 199 g/mol. The number of amides is 1. The summed E-state index contributed by atoms with van der Waals surface area (Å²) in [4.78, 5) is 20.6. The topological polar surface area (TPSA) is 58.1 Å². The Kier molecular flexibility index (Phi) is 2.49. The van der Waals surface area contributed by atoms with Crippen LogP contribution in [0.25, 0.3) is 0 Å². The number of nitrogens with zero attached hydrogens (tertiary/aromatic N) is 3. The zero-order chi connectivity index (χ0) is 10.8. The Bertz CT molecular complexity index is 367. The predicted molar refractivity (Wildman–Crippen MR) is 51.7 cm³/mol. The molecule has 0 aromatic carbocycles. The summed E-state index contributed by atoms with van der Waals surface area (Å²) in [7, 11) is 1.75. The lowest BCUT2D eigenvalue weighted by Gasteiger charge is -2.11. The van der Waals surface area contributed by atoms with Crippen LogP contribution in [-0.2, 0) is 4.79 Å². The van der Waals surface area contributed by atoms with Crippen molar-refractivity contribution < 1.29 is 9.18 Å². The van der Waals surface area contributed by atoms with Crippen molar-refractivity contribution >= 4 is 11.9 Å². The molecule has 0 aliphatic carbocycles. The van der Waals surface area contributed by atoms with Gasteiger partial charge in [0.1, 0.15) is 6.04 Å². The Morgan fingerprint density at radius 2 is 2.20 bits per heavy atom. The molecule has 0 spiro atoms. The lowest BCUT2D eigenvalue weighted by Crippen LogP contribution is -2.31. The fraction of sp³-hybridized carbons (Fsp3) is 0.444. The van der Waals surface area contributed by atoms with Crippen LogP contribution in [0.3, 0.4) is 0 Å². The van der Waals surface area contributed by atoms with E-state index in [1.807, 2.05) is 0 Å². The molecule has 6 heteroatoms. The van der Waals surface area contributed by atoms with E-state index in [0.29, 0.717) is 0 Å². The number of nitrogens with one attached hydrogen (secondary N) is 1. The molecular formula is C9H11FN4O. The van der Waals surface area contributed by atoms with Crippen LogP contribution in [0.2, 0.25) is 0 Å². The summed E-state index contributed by atoms with van der Waals surface area (Å²) in [5.41, 5.74) is 0. The molecule has 0 radical (unpaired) electrons. The first-order valence-corrected chi connectivity index (χ1v) is 4.66. The van der Waals surface area contributed by atoms with Crippen molar-refractivity contribution in [1.29, 1.82) is 0 Å². The summed E-state index contributed by atoms with van der Waals surface area (Å²) in [6.45, 7) is 0.720. The summed E-state index contributed by atoms with van der Waals surface area (Å²) >= 11 is 0. The average molecular weight is 210 g/mol. The molecule has 1 unspecified atom stereocenters. The van der Waals surface area contributed by atoms with E-state index in [0.717, 1.165) is 25.4 Å². The first-order valence-electron chi connectivity index (χ1n) is 4.66. The van der Waals surface area contributed by atoms with Crippen LogP contribution >= 0.6 is 0 Å². The summed E-state index contributed by atoms with van der Waals surface area (Å²) in [5.74, 6) is -0.191. The number of halogens is 1. The van der Waals surface area contributed by atoms with Crippen molar-refractivity contribution in [3.8, 4) is 0 Å². The molecule has 1 amide bonds. The summed E-state index contributed by atoms with van der Waals surface area (Å²) in [6.07, 6.45) is 2.85. The third-order valence-corrected chi connectivity index (χ3v) is 2.35. The summed E-state index contributed by atoms with van der Waals surface area (Å²) in [5, 5.41) is 2.87. The number of likely N-dealkylation sites (N-methyl/N-ethyl adjacent to an activating group) is 1. The average Bonchev–Trinajstić information content (AvgIpc) is 2.53. The van der Waals surface area contributed by atoms with Crippen molar-refractivity contribution in [2.75, 3.05) is 18.9 Å². The Labute approximate surface area is 86.3 Å². The maximum atomic E-state index is 12.5. The van der Waals surface area contributed by atoms with Gasteiger partial charge in [0.25, 0.3) is 0 Å². The van der Waals surface area contributed by atoms with Crippen molar-refractivity contribution in [1.82, 2.24) is 14.9 Å². The number of hydrogen-bond acceptors (Lipinski definition) is 4. The van der Waals surface area contributed by atoms with E-state index in [1.54, 1.807) is 11.9 Å². The zero-order valence-electron chi connectivity index (χ0n) is 8.27. The first kappa shape index (κ1) is 9.82. The molecule has 80 valence electrons. The highest BCUT2D eigenvalue weighted by molar-refractivity contribution is 5.85. The third-order valence-electron chi connectivity index (χ3n) is 2.35. The number of aromatic nitrogens is 2. The molecule has 1 aromatic heterocycles. The Morgan fingerprint density at radius 3 is 2.73 bits per heavy atom. The van der Waals surface area contributed by atoms with Gasteiger partial charge in [0.05, 0.1) is 12.4 Å². The summed E-state index contributed by atoms with van der Waals surface area (Å²) in [6, 6.07) is -0.291. The molecule has 2 rings (SSSR count). The standard InChI is InChI=1S/C9H11FN4O/c1-14-3-2-7(8(14)15)13-9-11-4-6(10)5-12-9/h4-5,7H,2-3H2,1H3,(H,11,12,13). The van der Waals surface area contributed by atoms with Gasteiger partial charge in [0, 0.05) is 13.6 Å². The number of carbonyl (C=O) groups excluding carboxylic acids is 1. The lowest BCUT2D eigenvalue weighted by molar-refractivity contribution is -0.127. The van der Waals surface area contributed by atoms with Crippen LogP contribution in [0.5, 0.6) is 0 Å². The lowest BCUT2D eigenvalue weighted by atomic mass is 10.2. The van der Waals surface area contributed by atoms with Gasteiger partial charge in [-0.05, 0) is 6.42 Å². The van der Waals surface area contributed by atoms with Gasteiger partial charge in [0.2, 0.25) is 11.9 Å². The molecule has 1 saturated heterocycles. The van der Waals surface area contributed by atoms with Crippen molar-refractivity contribution in [3.63, 3.8) is 0 Å². The van der Waals surface area contributed by atoms with E-state index in [9.17, 15) is 9.18 Å². The van der Waals surface area contributed by atoms with Gasteiger partial charge >= 0.3 is 0 Å². The van der Waals surface area contributed by atoms with Crippen LogP contribution in [0.4, 0.5) is 10.3 Å². The maximum Gasteiger partial charge on any atom is 0.244 e. The molecule has 15 heavy (non-hydrogen) atoms. The van der Waals surface area contributed by atoms with E-state index in [4.69, 9.17) is 0 Å². The second-order valence-corrected chi connectivity index (χ2v) is 3.47. The second kappa shape index (κ2) is 3.80. The Morgan fingerprint density at radius 1 is 1.53 bits per heavy atom. The van der Waals surface area contributed by atoms with E-state index in [2.05, 4.69) is 15.3 Å². The molecule has 1 fully saturated rings. The van der Waals surface area contributed by atoms with Crippen molar-refractivity contribution in [2.45, 2.75) is 12.5 Å². The van der Waals surface area contributed by atoms with Crippen LogP contribution in [0.15, 0.2) is 12.4 Å². The van der Waals surface area contributed by atoms with E-state index in [1.165, 1.54) is 0 Å². The maximum absolute atomic E-state index is 12.5. The Hall–Kier alpha value is -1.72. The van der Waals surface area contributed by atoms with Gasteiger partial charge in [0.15, 0.2) is 5.82 Å². The molecule has 1 aliphatic heterocycles. The van der Waals surface area contributed by atoms with Crippen LogP contribution in [0.1, 0.15) is 6.42 Å². The molecule has 1 atom stereocenters. The van der Waals surface area contributed by atoms with E-state index < -0.39 is 5.82 Å². The van der Waals surface area contributed by atoms with Crippen LogP contribution in [0, 0.1) is 5.82 Å². The fourth-order valence-electron chi connectivity index (χ4n) is 1.50. The monoisotopic (exact) mass is 210 g/mol. The van der Waals surface area contributed by atoms with Gasteiger partial charge in [-0.2, -0.15) is 0 Å². The molecule has 1 aliphatic rings. The van der Waals surface area contributed by atoms with Gasteiger partial charge in [-0.3, -0.25) is 4.79 Å². The van der Waals surface area contributed by atoms with Gasteiger partial charge < -0.3 is 10.2 Å². The zero-order valence-corrected chi connectivity index (χ0v) is 8.27. The molecule has 1 aromatic rings. The van der Waals surface area contributed by atoms with E-state index >= 15 is 0 Å². The number of carbonyl (C=O) groups is 1. The van der Waals surface area contributed by atoms with Gasteiger partial charge in [-0.25, -0.2) is 14.4 Å². The molecule has 5 nitrogen and oxygen atoms in total. The summed E-state index contributed by atoms with van der Waals surface area (Å²) < 4.78 is 12.5. The number of likely N-dealkylation sites (tertiary alicyclic amines) is 1. The van der Waals surface area contributed by atoms with Crippen LogP contribution < -0.4 is 5.32 Å². The predicted octanol–water partition coefficient (Wildman–Crippen LogP) is 0.258. The second-order valence-electron chi connectivity index (χ2n) is 3.47. The van der Waals surface area contributed by atoms with Crippen molar-refractivity contribution in [3.05, 3.63) is 18.2 Å². The minimum absolute atomic E-state index is 0.0166. The van der Waals surface area contributed by atoms with Gasteiger partial charge in [-0.1, -0.05) is 0 Å². The molecule has 0 bridgehead atoms. The highest BCUT2D eigenvalue weighted by Gasteiger charge is 2.29. The molecule has 1 N–H and O–H groups in total. The fourth-order valence-corrected chi connectivity index (χ4v) is 1.50. The smallest absolute Gasteiger partial charge is 0.244 e. The minimum Gasteiger partial charge on any atom is -0.344 e. The Balaban J connectivity index is 2.03. The third kappa shape index (κ3) is 2.03. The molecule has 0 saturated carbocycles. The normalized spacial score (nSPS) is 20.8. The quantitative estimate of drug-likeness (QED) is 0.760.